The van der Waals surface area contributed by atoms with Crippen LogP contribution >= 0.6 is 0 Å². The molecule has 3 atom stereocenters. The van der Waals surface area contributed by atoms with Gasteiger partial charge in [-0.05, 0) is 75.8 Å². The molecule has 3 fully saturated rings. The number of hydrogen-bond donors (Lipinski definition) is 0. The molecule has 0 spiro atoms. The first kappa shape index (κ1) is 32.2. The van der Waals surface area contributed by atoms with E-state index in [1.807, 2.05) is 12.3 Å². The Labute approximate surface area is 254 Å². The molecule has 3 heterocycles. The van der Waals surface area contributed by atoms with E-state index in [1.165, 1.54) is 11.3 Å². The zero-order valence-electron chi connectivity index (χ0n) is 25.3. The minimum absolute atomic E-state index is 0.0611. The van der Waals surface area contributed by atoms with Crippen LogP contribution in [-0.4, -0.2) is 47.2 Å². The normalized spacial score (nSPS) is 23.4. The molecule has 1 amide bonds. The van der Waals surface area contributed by atoms with E-state index in [0.29, 0.717) is 30.8 Å². The second-order valence-electron chi connectivity index (χ2n) is 12.2. The molecule has 1 aliphatic carbocycles. The first-order chi connectivity index (χ1) is 20.8. The fourth-order valence-corrected chi connectivity index (χ4v) is 7.08. The third-order valence-electron chi connectivity index (χ3n) is 9.41. The maximum Gasteiger partial charge on any atom is 0.416 e. The van der Waals surface area contributed by atoms with E-state index in [9.17, 15) is 31.1 Å². The molecule has 1 unspecified atom stereocenters. The van der Waals surface area contributed by atoms with Crippen LogP contribution in [-0.2, 0) is 23.6 Å². The topological polar surface area (TPSA) is 48.9 Å². The number of nitrogens with zero attached hydrogens (tertiary/aromatic N) is 4. The Hall–Kier alpha value is -3.18. The Morgan fingerprint density at radius 1 is 0.932 bits per heavy atom. The summed E-state index contributed by atoms with van der Waals surface area (Å²) in [5.41, 5.74) is -1.50. The van der Waals surface area contributed by atoms with Gasteiger partial charge in [-0.2, -0.15) is 26.3 Å². The van der Waals surface area contributed by atoms with E-state index in [1.54, 1.807) is 6.92 Å². The molecular formula is C32H40F6N4O2. The van der Waals surface area contributed by atoms with Gasteiger partial charge in [0.2, 0.25) is 0 Å². The second kappa shape index (κ2) is 12.7. The molecule has 2 aromatic rings. The second-order valence-corrected chi connectivity index (χ2v) is 12.2. The first-order valence-corrected chi connectivity index (χ1v) is 15.6. The van der Waals surface area contributed by atoms with Crippen LogP contribution in [0.3, 0.4) is 0 Å². The van der Waals surface area contributed by atoms with Crippen molar-refractivity contribution in [3.8, 4) is 0 Å². The number of carbonyl (C=O) groups excluding carboxylic acids is 1. The standard InChI is InChI=1S/C32H40F6N4O2/c1-4-25-12-9-13-41(25)27-16-22(29(39-18-27)40(5-2)26-10-7-6-8-11-26)19-42-20(3)28(44-30(42)43)21-14-23(31(33,34)35)17-24(15-21)32(36,37)38/h14-18,20,25-26,28H,4-13,19H2,1-3H3/t20-,25?,28-/m0/s1. The number of rotatable bonds is 8. The smallest absolute Gasteiger partial charge is 0.416 e. The quantitative estimate of drug-likeness (QED) is 0.274. The van der Waals surface area contributed by atoms with Gasteiger partial charge in [0.25, 0.3) is 0 Å². The van der Waals surface area contributed by atoms with E-state index in [4.69, 9.17) is 9.72 Å². The average Bonchev–Trinajstić information content (AvgIpc) is 3.58. The minimum Gasteiger partial charge on any atom is -0.439 e. The predicted octanol–water partition coefficient (Wildman–Crippen LogP) is 8.74. The summed E-state index contributed by atoms with van der Waals surface area (Å²) in [5.74, 6) is 0.747. The Kier molecular flexibility index (Phi) is 9.28. The van der Waals surface area contributed by atoms with Gasteiger partial charge in [-0.3, -0.25) is 4.90 Å². The maximum absolute atomic E-state index is 13.6. The van der Waals surface area contributed by atoms with Crippen molar-refractivity contribution in [1.29, 1.82) is 0 Å². The van der Waals surface area contributed by atoms with Crippen LogP contribution in [0.1, 0.15) is 100 Å². The molecule has 242 valence electrons. The number of hydrogen-bond acceptors (Lipinski definition) is 5. The van der Waals surface area contributed by atoms with Crippen LogP contribution in [0.15, 0.2) is 30.5 Å². The Morgan fingerprint density at radius 2 is 1.59 bits per heavy atom. The number of halogens is 6. The van der Waals surface area contributed by atoms with Crippen LogP contribution < -0.4 is 9.80 Å². The molecule has 1 aromatic heterocycles. The summed E-state index contributed by atoms with van der Waals surface area (Å²) in [6.07, 6.45) is -1.63. The third-order valence-corrected chi connectivity index (χ3v) is 9.41. The molecule has 2 saturated heterocycles. The third kappa shape index (κ3) is 6.59. The molecule has 6 nitrogen and oxygen atoms in total. The van der Waals surface area contributed by atoms with Crippen LogP contribution in [0.2, 0.25) is 0 Å². The van der Waals surface area contributed by atoms with Gasteiger partial charge in [0.05, 0.1) is 35.6 Å². The molecule has 12 heteroatoms. The summed E-state index contributed by atoms with van der Waals surface area (Å²) >= 11 is 0. The SMILES string of the molecule is CCC1CCCN1c1cnc(N(CC)C2CCCCC2)c(CN2C(=O)O[C@H](c3cc(C(F)(F)F)cc(C(F)(F)F)c3)[C@@H]2C)c1. The molecule has 0 radical (unpaired) electrons. The van der Waals surface area contributed by atoms with Gasteiger partial charge in [-0.1, -0.05) is 26.2 Å². The van der Waals surface area contributed by atoms with Gasteiger partial charge in [-0.15, -0.1) is 0 Å². The van der Waals surface area contributed by atoms with E-state index < -0.39 is 41.7 Å². The average molecular weight is 627 g/mol. The summed E-state index contributed by atoms with van der Waals surface area (Å²) in [5, 5.41) is 0. The lowest BCUT2D eigenvalue weighted by molar-refractivity contribution is -0.143. The minimum atomic E-state index is -5.00. The zero-order valence-corrected chi connectivity index (χ0v) is 25.3. The summed E-state index contributed by atoms with van der Waals surface area (Å²) in [7, 11) is 0. The molecule has 5 rings (SSSR count). The first-order valence-electron chi connectivity index (χ1n) is 15.6. The number of benzene rings is 1. The summed E-state index contributed by atoms with van der Waals surface area (Å²) in [4.78, 5) is 24.2. The lowest BCUT2D eigenvalue weighted by atomic mass is 9.93. The van der Waals surface area contributed by atoms with E-state index >= 15 is 0 Å². The fraction of sp³-hybridized carbons (Fsp3) is 0.625. The number of ether oxygens (including phenoxy) is 1. The van der Waals surface area contributed by atoms with E-state index in [-0.39, 0.29) is 18.2 Å². The van der Waals surface area contributed by atoms with Crippen LogP contribution in [0.5, 0.6) is 0 Å². The largest absolute Gasteiger partial charge is 0.439 e. The molecule has 44 heavy (non-hydrogen) atoms. The summed E-state index contributed by atoms with van der Waals surface area (Å²) in [6, 6.07) is 3.24. The van der Waals surface area contributed by atoms with Crippen LogP contribution in [0, 0.1) is 0 Å². The highest BCUT2D eigenvalue weighted by Gasteiger charge is 2.44. The van der Waals surface area contributed by atoms with Crippen molar-refractivity contribution in [3.63, 3.8) is 0 Å². The van der Waals surface area contributed by atoms with E-state index in [0.717, 1.165) is 68.6 Å². The van der Waals surface area contributed by atoms with Gasteiger partial charge in [0, 0.05) is 30.7 Å². The highest BCUT2D eigenvalue weighted by atomic mass is 19.4. The zero-order chi connectivity index (χ0) is 31.8. The van der Waals surface area contributed by atoms with E-state index in [2.05, 4.69) is 23.6 Å². The van der Waals surface area contributed by atoms with Gasteiger partial charge in [-0.25, -0.2) is 9.78 Å². The molecule has 0 bridgehead atoms. The van der Waals surface area contributed by atoms with Gasteiger partial charge >= 0.3 is 18.4 Å². The highest BCUT2D eigenvalue weighted by molar-refractivity contribution is 5.72. The Bertz CT molecular complexity index is 1290. The predicted molar refractivity (Wildman–Crippen MR) is 155 cm³/mol. The molecule has 3 aliphatic rings. The molecule has 1 aromatic carbocycles. The molecule has 2 aliphatic heterocycles. The summed E-state index contributed by atoms with van der Waals surface area (Å²) in [6.45, 7) is 7.46. The lowest BCUT2D eigenvalue weighted by Gasteiger charge is -2.37. The number of amides is 1. The Balaban J connectivity index is 1.50. The number of aromatic nitrogens is 1. The number of carbonyl (C=O) groups is 1. The summed E-state index contributed by atoms with van der Waals surface area (Å²) < 4.78 is 87.0. The maximum atomic E-state index is 13.6. The van der Waals surface area contributed by atoms with Gasteiger partial charge in [0.15, 0.2) is 0 Å². The van der Waals surface area contributed by atoms with Crippen molar-refractivity contribution < 1.29 is 35.9 Å². The van der Waals surface area contributed by atoms with Crippen molar-refractivity contribution in [2.24, 2.45) is 0 Å². The van der Waals surface area contributed by atoms with Crippen molar-refractivity contribution in [3.05, 3.63) is 52.7 Å². The monoisotopic (exact) mass is 626 g/mol. The number of alkyl halides is 6. The van der Waals surface area contributed by atoms with Crippen LogP contribution in [0.25, 0.3) is 0 Å². The van der Waals surface area contributed by atoms with Crippen molar-refractivity contribution in [2.45, 2.75) is 115 Å². The van der Waals surface area contributed by atoms with Crippen molar-refractivity contribution >= 4 is 17.6 Å². The Morgan fingerprint density at radius 3 is 2.18 bits per heavy atom. The number of pyridine rings is 1. The number of cyclic esters (lactones) is 1. The molecule has 0 N–H and O–H groups in total. The van der Waals surface area contributed by atoms with Crippen molar-refractivity contribution in [1.82, 2.24) is 9.88 Å². The fourth-order valence-electron chi connectivity index (χ4n) is 7.08. The van der Waals surface area contributed by atoms with Gasteiger partial charge in [0.1, 0.15) is 11.9 Å². The number of anilines is 2. The highest BCUT2D eigenvalue weighted by Crippen LogP contribution is 2.42. The van der Waals surface area contributed by atoms with Crippen LogP contribution in [0.4, 0.5) is 42.6 Å². The molecule has 1 saturated carbocycles. The lowest BCUT2D eigenvalue weighted by Crippen LogP contribution is -2.39. The van der Waals surface area contributed by atoms with Gasteiger partial charge < -0.3 is 14.5 Å². The van der Waals surface area contributed by atoms with Crippen molar-refractivity contribution in [2.75, 3.05) is 22.9 Å². The molecular weight excluding hydrogens is 586 g/mol.